The standard InChI is InChI=1S/C16H25N5/c1-4-20-7-5-14(6-8-20)19-15-9-13-10-18-21(12(2)3)16(13)17-11-15/h9-12,14,19H,4-8H2,1-3H3. The van der Waals surface area contributed by atoms with E-state index in [-0.39, 0.29) is 0 Å². The number of aromatic nitrogens is 3. The number of hydrogen-bond donors (Lipinski definition) is 1. The highest BCUT2D eigenvalue weighted by atomic mass is 15.3. The summed E-state index contributed by atoms with van der Waals surface area (Å²) in [6, 6.07) is 3.07. The van der Waals surface area contributed by atoms with Crippen LogP contribution in [0.15, 0.2) is 18.5 Å². The molecule has 0 amide bonds. The van der Waals surface area contributed by atoms with Crippen molar-refractivity contribution in [2.24, 2.45) is 0 Å². The molecular weight excluding hydrogens is 262 g/mol. The number of piperidine rings is 1. The summed E-state index contributed by atoms with van der Waals surface area (Å²) < 4.78 is 1.97. The van der Waals surface area contributed by atoms with Crippen LogP contribution in [0.3, 0.4) is 0 Å². The fourth-order valence-corrected chi connectivity index (χ4v) is 3.03. The molecule has 5 nitrogen and oxygen atoms in total. The summed E-state index contributed by atoms with van der Waals surface area (Å²) >= 11 is 0. The van der Waals surface area contributed by atoms with Crippen LogP contribution in [-0.2, 0) is 0 Å². The van der Waals surface area contributed by atoms with Crippen molar-refractivity contribution in [2.45, 2.75) is 45.7 Å². The lowest BCUT2D eigenvalue weighted by Crippen LogP contribution is -2.38. The van der Waals surface area contributed by atoms with Gasteiger partial charge in [0.2, 0.25) is 0 Å². The van der Waals surface area contributed by atoms with E-state index in [1.54, 1.807) is 0 Å². The van der Waals surface area contributed by atoms with Crippen molar-refractivity contribution in [1.29, 1.82) is 0 Å². The number of nitrogens with zero attached hydrogens (tertiary/aromatic N) is 4. The Morgan fingerprint density at radius 3 is 2.71 bits per heavy atom. The minimum absolute atomic E-state index is 0.340. The van der Waals surface area contributed by atoms with Crippen LogP contribution >= 0.6 is 0 Å². The largest absolute Gasteiger partial charge is 0.381 e. The Balaban J connectivity index is 1.71. The Labute approximate surface area is 126 Å². The van der Waals surface area contributed by atoms with Gasteiger partial charge in [-0.3, -0.25) is 0 Å². The second-order valence-corrected chi connectivity index (χ2v) is 6.17. The van der Waals surface area contributed by atoms with Crippen molar-refractivity contribution in [3.63, 3.8) is 0 Å². The highest BCUT2D eigenvalue weighted by molar-refractivity contribution is 5.78. The zero-order valence-corrected chi connectivity index (χ0v) is 13.2. The first-order chi connectivity index (χ1) is 10.2. The van der Waals surface area contributed by atoms with Crippen LogP contribution < -0.4 is 5.32 Å². The van der Waals surface area contributed by atoms with E-state index in [0.717, 1.165) is 23.3 Å². The molecule has 2 aromatic heterocycles. The molecular formula is C16H25N5. The molecule has 0 unspecified atom stereocenters. The molecule has 0 bridgehead atoms. The highest BCUT2D eigenvalue weighted by Gasteiger charge is 2.18. The predicted octanol–water partition coefficient (Wildman–Crippen LogP) is 2.91. The van der Waals surface area contributed by atoms with Crippen molar-refractivity contribution in [3.05, 3.63) is 18.5 Å². The second-order valence-electron chi connectivity index (χ2n) is 6.17. The van der Waals surface area contributed by atoms with E-state index in [1.807, 2.05) is 17.1 Å². The first kappa shape index (κ1) is 14.3. The summed E-state index contributed by atoms with van der Waals surface area (Å²) in [6.45, 7) is 10.0. The number of likely N-dealkylation sites (tertiary alicyclic amines) is 1. The van der Waals surface area contributed by atoms with Gasteiger partial charge >= 0.3 is 0 Å². The van der Waals surface area contributed by atoms with Crippen molar-refractivity contribution in [1.82, 2.24) is 19.7 Å². The normalized spacial score (nSPS) is 17.7. The van der Waals surface area contributed by atoms with Crippen LogP contribution in [0.4, 0.5) is 5.69 Å². The third-order valence-electron chi connectivity index (χ3n) is 4.33. The maximum absolute atomic E-state index is 4.59. The first-order valence-corrected chi connectivity index (χ1v) is 7.99. The zero-order valence-electron chi connectivity index (χ0n) is 13.2. The van der Waals surface area contributed by atoms with E-state index in [1.165, 1.54) is 25.9 Å². The molecule has 21 heavy (non-hydrogen) atoms. The van der Waals surface area contributed by atoms with Crippen LogP contribution in [0.2, 0.25) is 0 Å². The number of pyridine rings is 1. The predicted molar refractivity (Wildman–Crippen MR) is 86.7 cm³/mol. The molecule has 3 heterocycles. The average molecular weight is 287 g/mol. The van der Waals surface area contributed by atoms with Crippen molar-refractivity contribution >= 4 is 16.7 Å². The molecule has 2 aromatic rings. The van der Waals surface area contributed by atoms with Crippen LogP contribution in [-0.4, -0.2) is 45.3 Å². The van der Waals surface area contributed by atoms with Gasteiger partial charge in [0.25, 0.3) is 0 Å². The molecule has 5 heteroatoms. The van der Waals surface area contributed by atoms with Gasteiger partial charge in [-0.1, -0.05) is 6.92 Å². The molecule has 1 aliphatic heterocycles. The molecule has 1 saturated heterocycles. The summed E-state index contributed by atoms with van der Waals surface area (Å²) in [4.78, 5) is 7.09. The number of hydrogen-bond acceptors (Lipinski definition) is 4. The minimum atomic E-state index is 0.340. The van der Waals surface area contributed by atoms with Gasteiger partial charge in [-0.05, 0) is 39.3 Å². The third kappa shape index (κ3) is 3.02. The first-order valence-electron chi connectivity index (χ1n) is 7.99. The summed E-state index contributed by atoms with van der Waals surface area (Å²) in [6.07, 6.45) is 6.26. The second kappa shape index (κ2) is 6.02. The third-order valence-corrected chi connectivity index (χ3v) is 4.33. The van der Waals surface area contributed by atoms with Gasteiger partial charge in [0.05, 0.1) is 18.1 Å². The quantitative estimate of drug-likeness (QED) is 0.939. The van der Waals surface area contributed by atoms with Crippen molar-refractivity contribution in [2.75, 3.05) is 25.0 Å². The monoisotopic (exact) mass is 287 g/mol. The summed E-state index contributed by atoms with van der Waals surface area (Å²) in [5.41, 5.74) is 2.08. The van der Waals surface area contributed by atoms with Gasteiger partial charge in [-0.2, -0.15) is 5.10 Å². The molecule has 0 aliphatic carbocycles. The van der Waals surface area contributed by atoms with E-state index in [9.17, 15) is 0 Å². The Morgan fingerprint density at radius 2 is 2.05 bits per heavy atom. The molecule has 0 atom stereocenters. The van der Waals surface area contributed by atoms with Crippen LogP contribution in [0.25, 0.3) is 11.0 Å². The van der Waals surface area contributed by atoms with Crippen LogP contribution in [0.1, 0.15) is 39.7 Å². The Hall–Kier alpha value is -1.62. The fourth-order valence-electron chi connectivity index (χ4n) is 3.03. The molecule has 1 aliphatic rings. The topological polar surface area (TPSA) is 46.0 Å². The Kier molecular flexibility index (Phi) is 4.10. The van der Waals surface area contributed by atoms with Crippen molar-refractivity contribution < 1.29 is 0 Å². The molecule has 3 rings (SSSR count). The van der Waals surface area contributed by atoms with Crippen molar-refractivity contribution in [3.8, 4) is 0 Å². The maximum atomic E-state index is 4.59. The van der Waals surface area contributed by atoms with E-state index in [4.69, 9.17) is 0 Å². The van der Waals surface area contributed by atoms with Gasteiger partial charge < -0.3 is 10.2 Å². The molecule has 0 radical (unpaired) electrons. The van der Waals surface area contributed by atoms with E-state index < -0.39 is 0 Å². The van der Waals surface area contributed by atoms with Gasteiger partial charge in [-0.15, -0.1) is 0 Å². The molecule has 1 N–H and O–H groups in total. The van der Waals surface area contributed by atoms with E-state index in [0.29, 0.717) is 12.1 Å². The van der Waals surface area contributed by atoms with E-state index >= 15 is 0 Å². The van der Waals surface area contributed by atoms with Gasteiger partial charge in [0.15, 0.2) is 5.65 Å². The zero-order chi connectivity index (χ0) is 14.8. The lowest BCUT2D eigenvalue weighted by atomic mass is 10.0. The van der Waals surface area contributed by atoms with Gasteiger partial charge in [0, 0.05) is 30.6 Å². The Bertz CT molecular complexity index is 596. The summed E-state index contributed by atoms with van der Waals surface area (Å²) in [5.74, 6) is 0. The molecule has 0 saturated carbocycles. The lowest BCUT2D eigenvalue weighted by molar-refractivity contribution is 0.229. The SMILES string of the molecule is CCN1CCC(Nc2cnc3c(cnn3C(C)C)c2)CC1. The van der Waals surface area contributed by atoms with Crippen LogP contribution in [0, 0.1) is 0 Å². The fraction of sp³-hybridized carbons (Fsp3) is 0.625. The minimum Gasteiger partial charge on any atom is -0.381 e. The lowest BCUT2D eigenvalue weighted by Gasteiger charge is -2.31. The maximum Gasteiger partial charge on any atom is 0.158 e. The molecule has 114 valence electrons. The highest BCUT2D eigenvalue weighted by Crippen LogP contribution is 2.21. The number of rotatable bonds is 4. The summed E-state index contributed by atoms with van der Waals surface area (Å²) in [7, 11) is 0. The molecule has 0 spiro atoms. The summed E-state index contributed by atoms with van der Waals surface area (Å²) in [5, 5.41) is 9.16. The van der Waals surface area contributed by atoms with Gasteiger partial charge in [0.1, 0.15) is 0 Å². The number of anilines is 1. The smallest absolute Gasteiger partial charge is 0.158 e. The average Bonchev–Trinajstić information content (AvgIpc) is 2.91. The van der Waals surface area contributed by atoms with Gasteiger partial charge in [-0.25, -0.2) is 9.67 Å². The molecule has 1 fully saturated rings. The molecule has 0 aromatic carbocycles. The van der Waals surface area contributed by atoms with Crippen LogP contribution in [0.5, 0.6) is 0 Å². The number of fused-ring (bicyclic) bond motifs is 1. The Morgan fingerprint density at radius 1 is 1.29 bits per heavy atom. The number of nitrogens with one attached hydrogen (secondary N) is 1. The van der Waals surface area contributed by atoms with E-state index in [2.05, 4.69) is 47.1 Å².